The Morgan fingerprint density at radius 3 is 0.815 bits per heavy atom. The van der Waals surface area contributed by atoms with Crippen molar-refractivity contribution in [1.82, 2.24) is 0 Å². The number of rotatable bonds is 5. The van der Waals surface area contributed by atoms with Crippen molar-refractivity contribution in [2.24, 2.45) is 0 Å². The maximum Gasteiger partial charge on any atom is 0.650 e. The van der Waals surface area contributed by atoms with Gasteiger partial charge in [-0.1, -0.05) is 0 Å². The highest BCUT2D eigenvalue weighted by Gasteiger charge is 2.18. The van der Waals surface area contributed by atoms with E-state index >= 15 is 0 Å². The molecule has 0 aliphatic rings. The Hall–Kier alpha value is 1.05. The third-order valence-electron chi connectivity index (χ3n) is 2.14. The highest BCUT2D eigenvalue weighted by Crippen LogP contribution is 2.11. The lowest BCUT2D eigenvalue weighted by Gasteiger charge is -2.25. The molecular weight excluding hydrogens is 401 g/mol. The van der Waals surface area contributed by atoms with E-state index in [1.165, 1.54) is 7.11 Å². The van der Waals surface area contributed by atoms with E-state index in [1.54, 1.807) is 0 Å². The molecule has 1 unspecified atom stereocenters. The zero-order valence-electron chi connectivity index (χ0n) is 19.8. The summed E-state index contributed by atoms with van der Waals surface area (Å²) in [5, 5.41) is 0. The van der Waals surface area contributed by atoms with Gasteiger partial charge in [-0.25, -0.2) is 0 Å². The summed E-state index contributed by atoms with van der Waals surface area (Å²) >= 11 is -1.59. The minimum absolute atomic E-state index is 0.0442. The molecule has 0 aromatic heterocycles. The maximum atomic E-state index is 9.33. The fourth-order valence-corrected chi connectivity index (χ4v) is 2.30. The van der Waals surface area contributed by atoms with Gasteiger partial charge in [-0.15, -0.1) is 0 Å². The van der Waals surface area contributed by atoms with Crippen molar-refractivity contribution in [3.63, 3.8) is 0 Å². The van der Waals surface area contributed by atoms with Gasteiger partial charge in [-0.2, -0.15) is 0 Å². The van der Waals surface area contributed by atoms with Gasteiger partial charge >= 0.3 is 40.0 Å². The summed E-state index contributed by atoms with van der Waals surface area (Å²) in [7, 11) is -1.44. The van der Waals surface area contributed by atoms with Crippen LogP contribution in [0.3, 0.4) is 0 Å². The molecule has 0 saturated carbocycles. The Kier molecular flexibility index (Phi) is 18.1. The summed E-state index contributed by atoms with van der Waals surface area (Å²) in [6.07, 6.45) is 0. The normalized spacial score (nSPS) is 13.6. The fourth-order valence-electron chi connectivity index (χ4n) is 0.766. The second-order valence-corrected chi connectivity index (χ2v) is 12.3. The van der Waals surface area contributed by atoms with Gasteiger partial charge in [0.1, 0.15) is 0 Å². The molecule has 0 heterocycles. The van der Waals surface area contributed by atoms with Crippen LogP contribution in [0.5, 0.6) is 0 Å². The lowest BCUT2D eigenvalue weighted by Crippen LogP contribution is -2.29. The van der Waals surface area contributed by atoms with E-state index in [9.17, 15) is 4.57 Å². The predicted molar refractivity (Wildman–Crippen MR) is 116 cm³/mol. The van der Waals surface area contributed by atoms with Crippen LogP contribution in [-0.4, -0.2) is 66.2 Å². The molecule has 0 aromatic rings. The first-order valence-electron chi connectivity index (χ1n) is 9.01. The molecule has 0 spiro atoms. The van der Waals surface area contributed by atoms with Gasteiger partial charge in [-0.3, -0.25) is 4.57 Å². The van der Waals surface area contributed by atoms with E-state index in [2.05, 4.69) is 4.52 Å². The van der Waals surface area contributed by atoms with Crippen LogP contribution < -0.4 is 0 Å². The second-order valence-electron chi connectivity index (χ2n) is 9.73. The van der Waals surface area contributed by atoms with E-state index in [0.717, 1.165) is 0 Å². The van der Waals surface area contributed by atoms with Gasteiger partial charge < -0.3 is 24.6 Å². The van der Waals surface area contributed by atoms with Crippen LogP contribution in [-0.2, 0) is 24.2 Å². The Labute approximate surface area is 181 Å². The van der Waals surface area contributed by atoms with E-state index < -0.39 is 40.0 Å². The molecule has 0 rings (SSSR count). The fraction of sp³-hybridized carbons (Fsp3) is 1.00. The zero-order chi connectivity index (χ0) is 22.5. The van der Waals surface area contributed by atoms with Crippen molar-refractivity contribution in [2.45, 2.75) is 105 Å². The monoisotopic (exact) mass is 444 g/mol. The summed E-state index contributed by atoms with van der Waals surface area (Å²) in [6.45, 7) is 24.6. The quantitative estimate of drug-likeness (QED) is 0.510. The number of hydrogen-bond donors (Lipinski definition) is 1. The maximum absolute atomic E-state index is 9.33. The van der Waals surface area contributed by atoms with E-state index in [-0.39, 0.29) is 22.4 Å². The Bertz CT molecular complexity index is 323. The molecule has 7 nitrogen and oxygen atoms in total. The molecule has 0 aromatic carbocycles. The minimum atomic E-state index is -2.62. The first-order valence-corrected chi connectivity index (χ1v) is 12.6. The lowest BCUT2D eigenvalue weighted by atomic mass is 10.2. The first-order chi connectivity index (χ1) is 11.7. The van der Waals surface area contributed by atoms with E-state index in [1.807, 2.05) is 83.1 Å². The first kappa shape index (κ1) is 32.7. The summed E-state index contributed by atoms with van der Waals surface area (Å²) in [4.78, 5) is 7.69. The van der Waals surface area contributed by atoms with Crippen molar-refractivity contribution in [3.05, 3.63) is 0 Å². The van der Waals surface area contributed by atoms with Gasteiger partial charge in [0.2, 0.25) is 0 Å². The standard InChI is InChI=1S/4C4H9O.CH5O3P.2Al.2H/c4*1-4(2,3)5;1-4-5(2)3;;;;/h4*1-3H3;5H,1H3,(H,2,3);;;;/q4*-1;;2*+2;;. The molecule has 1 N–H and O–H groups in total. The molecule has 0 saturated heterocycles. The molecule has 1 atom stereocenters. The van der Waals surface area contributed by atoms with Gasteiger partial charge in [0, 0.05) is 29.5 Å². The SMILES string of the molecule is CC(C)(C)[O][AlH][O]C(C)(C)C.CC(C)(C)[O][AlH][O]C(C)(C)C.CO[PH](=O)O. The molecule has 0 aliphatic heterocycles. The van der Waals surface area contributed by atoms with Crippen molar-refractivity contribution >= 4 is 40.0 Å². The van der Waals surface area contributed by atoms with Gasteiger partial charge in [0.25, 0.3) is 0 Å². The summed E-state index contributed by atoms with van der Waals surface area (Å²) in [6, 6.07) is 0. The van der Waals surface area contributed by atoms with Crippen molar-refractivity contribution in [2.75, 3.05) is 7.11 Å². The van der Waals surface area contributed by atoms with Crippen LogP contribution >= 0.6 is 8.25 Å². The molecule has 0 bridgehead atoms. The minimum Gasteiger partial charge on any atom is -0.477 e. The largest absolute Gasteiger partial charge is 0.650 e. The van der Waals surface area contributed by atoms with Crippen LogP contribution in [0.15, 0.2) is 0 Å². The van der Waals surface area contributed by atoms with Crippen LogP contribution in [0.2, 0.25) is 0 Å². The van der Waals surface area contributed by atoms with Gasteiger partial charge in [0.05, 0.1) is 0 Å². The topological polar surface area (TPSA) is 83.5 Å². The smallest absolute Gasteiger partial charge is 0.477 e. The average Bonchev–Trinajstić information content (AvgIpc) is 2.33. The van der Waals surface area contributed by atoms with Crippen LogP contribution in [0, 0.1) is 0 Å². The molecule has 0 amide bonds. The predicted octanol–water partition coefficient (Wildman–Crippen LogP) is 3.78. The molecule has 0 radical (unpaired) electrons. The van der Waals surface area contributed by atoms with Crippen LogP contribution in [0.1, 0.15) is 83.1 Å². The summed E-state index contributed by atoms with van der Waals surface area (Å²) in [5.41, 5.74) is -0.177. The van der Waals surface area contributed by atoms with E-state index in [0.29, 0.717) is 0 Å². The molecule has 10 heteroatoms. The Morgan fingerprint density at radius 1 is 0.593 bits per heavy atom. The van der Waals surface area contributed by atoms with Crippen molar-refractivity contribution in [1.29, 1.82) is 0 Å². The van der Waals surface area contributed by atoms with Gasteiger partial charge in [0.15, 0.2) is 0 Å². The van der Waals surface area contributed by atoms with Crippen molar-refractivity contribution in [3.8, 4) is 0 Å². The van der Waals surface area contributed by atoms with Crippen molar-refractivity contribution < 1.29 is 29.1 Å². The molecule has 27 heavy (non-hydrogen) atoms. The Balaban J connectivity index is -0.000000344. The zero-order valence-corrected chi connectivity index (χ0v) is 23.6. The summed E-state index contributed by atoms with van der Waals surface area (Å²) in [5.74, 6) is 0. The third-order valence-corrected chi connectivity index (χ3v) is 6.43. The van der Waals surface area contributed by atoms with Gasteiger partial charge in [-0.05, 0) is 83.1 Å². The number of hydrogen-bond acceptors (Lipinski definition) is 6. The Morgan fingerprint density at radius 2 is 0.741 bits per heavy atom. The molecule has 164 valence electrons. The molecule has 0 aliphatic carbocycles. The van der Waals surface area contributed by atoms with Crippen LogP contribution in [0.4, 0.5) is 0 Å². The molecular formula is C17H43Al2O7P. The van der Waals surface area contributed by atoms with E-state index in [4.69, 9.17) is 20.0 Å². The average molecular weight is 444 g/mol. The highest BCUT2D eigenvalue weighted by molar-refractivity contribution is 7.32. The van der Waals surface area contributed by atoms with Crippen LogP contribution in [0.25, 0.3) is 0 Å². The summed E-state index contributed by atoms with van der Waals surface area (Å²) < 4.78 is 35.3. The molecule has 0 fully saturated rings. The second kappa shape index (κ2) is 14.9. The lowest BCUT2D eigenvalue weighted by molar-refractivity contribution is 0.0500. The third kappa shape index (κ3) is 46.8. The highest BCUT2D eigenvalue weighted by atomic mass is 31.1.